The summed E-state index contributed by atoms with van der Waals surface area (Å²) in [5, 5.41) is 53.4. The molecule has 0 aliphatic heterocycles. The highest BCUT2D eigenvalue weighted by Crippen LogP contribution is 2.42. The zero-order valence-electron chi connectivity index (χ0n) is 43.8. The maximum atomic E-state index is 13.6. The Balaban J connectivity index is 0.999. The van der Waals surface area contributed by atoms with E-state index in [4.69, 9.17) is 9.15 Å². The Morgan fingerprint density at radius 3 is 2.10 bits per heavy atom. The van der Waals surface area contributed by atoms with Crippen molar-refractivity contribution in [1.82, 2.24) is 5.32 Å². The van der Waals surface area contributed by atoms with Crippen molar-refractivity contribution in [1.29, 1.82) is 0 Å². The summed E-state index contributed by atoms with van der Waals surface area (Å²) < 4.78 is 12.2. The van der Waals surface area contributed by atoms with Gasteiger partial charge in [0.2, 0.25) is 5.91 Å². The van der Waals surface area contributed by atoms with Crippen molar-refractivity contribution in [2.45, 2.75) is 126 Å². The SMILES string of the molecule is CC1=CC(O)CC(C)(C)C1/C=C/C(C)=C/C=C/C(C)=C/C=C/C=C(C)/C=C/C=C(C)/C=C/C1=CCC(OCCCC(=O)NCCCCc2c(-c3ccc(O)c(O)c3)oc3cc(O)cc(O)c3c2=O)CC1(C)C. The molecule has 0 spiro atoms. The number of hydrogen-bond acceptors (Lipinski definition) is 9. The van der Waals surface area contributed by atoms with E-state index in [1.807, 2.05) is 6.08 Å². The van der Waals surface area contributed by atoms with E-state index in [1.165, 1.54) is 41.0 Å². The standard InChI is InChI=1S/C62H77NO9/c1-41(17-10-11-18-42(2)20-15-22-44(4)26-31-52-45(5)35-49(65)39-62(52,8)9)19-14-21-43(3)25-28-47-29-30-50(40-61(47,6)7)71-34-16-24-57(69)63-33-13-12-23-51-59(70)58-55(68)37-48(64)38-56(58)72-60(51)46-27-32-53(66)54(67)36-46/h10-11,14-15,17-22,25-29,31-32,35-38,49-50,52,64-68H,12-13,16,23-24,30,33-34,39-40H2,1-9H3,(H,63,69)/b11-10+,19-14+,20-15+,28-25+,31-26+,41-17+,42-18+,43-21+,44-22+. The summed E-state index contributed by atoms with van der Waals surface area (Å²) in [5.74, 6) is -1.000. The van der Waals surface area contributed by atoms with Crippen LogP contribution >= 0.6 is 0 Å². The molecule has 3 unspecified atom stereocenters. The van der Waals surface area contributed by atoms with Gasteiger partial charge in [0.15, 0.2) is 16.9 Å². The van der Waals surface area contributed by atoms with Crippen LogP contribution < -0.4 is 10.7 Å². The summed E-state index contributed by atoms with van der Waals surface area (Å²) in [6, 6.07) is 6.38. The van der Waals surface area contributed by atoms with Crippen LogP contribution in [0.25, 0.3) is 22.3 Å². The van der Waals surface area contributed by atoms with E-state index >= 15 is 0 Å². The van der Waals surface area contributed by atoms with Gasteiger partial charge in [-0.1, -0.05) is 153 Å². The minimum Gasteiger partial charge on any atom is -0.508 e. The average molecular weight is 980 g/mol. The van der Waals surface area contributed by atoms with Gasteiger partial charge < -0.3 is 40.0 Å². The van der Waals surface area contributed by atoms with Crippen molar-refractivity contribution in [3.8, 4) is 34.3 Å². The van der Waals surface area contributed by atoms with Gasteiger partial charge in [-0.25, -0.2) is 0 Å². The highest BCUT2D eigenvalue weighted by Gasteiger charge is 2.34. The molecule has 3 aromatic rings. The predicted molar refractivity (Wildman–Crippen MR) is 293 cm³/mol. The number of allylic oxidation sites excluding steroid dienone is 20. The molecule has 0 radical (unpaired) electrons. The predicted octanol–water partition coefficient (Wildman–Crippen LogP) is 13.6. The summed E-state index contributed by atoms with van der Waals surface area (Å²) in [4.78, 5) is 26.3. The van der Waals surface area contributed by atoms with Crippen LogP contribution in [0.5, 0.6) is 23.0 Å². The van der Waals surface area contributed by atoms with Gasteiger partial charge in [-0.2, -0.15) is 0 Å². The number of benzene rings is 2. The third-order valence-corrected chi connectivity index (χ3v) is 13.4. The first-order chi connectivity index (χ1) is 34.1. The summed E-state index contributed by atoms with van der Waals surface area (Å²) >= 11 is 0. The molecule has 2 aromatic carbocycles. The first kappa shape index (κ1) is 56.3. The van der Waals surface area contributed by atoms with Crippen molar-refractivity contribution < 1.29 is 39.5 Å². The average Bonchev–Trinajstić information content (AvgIpc) is 3.29. The number of rotatable bonds is 21. The maximum absolute atomic E-state index is 13.6. The number of aliphatic hydroxyl groups excluding tert-OH is 1. The quantitative estimate of drug-likeness (QED) is 0.0263. The number of aliphatic hydroxyl groups is 1. The zero-order chi connectivity index (χ0) is 52.6. The smallest absolute Gasteiger partial charge is 0.220 e. The number of nitrogens with one attached hydrogen (secondary N) is 1. The number of phenolic OH excluding ortho intramolecular Hbond substituents is 4. The maximum Gasteiger partial charge on any atom is 0.220 e. The summed E-state index contributed by atoms with van der Waals surface area (Å²) in [5.41, 5.74) is 7.25. The van der Waals surface area contributed by atoms with Crippen molar-refractivity contribution in [2.24, 2.45) is 16.7 Å². The van der Waals surface area contributed by atoms with E-state index in [1.54, 1.807) is 0 Å². The van der Waals surface area contributed by atoms with Gasteiger partial charge in [-0.15, -0.1) is 0 Å². The lowest BCUT2D eigenvalue weighted by Crippen LogP contribution is -2.32. The topological polar surface area (TPSA) is 170 Å². The molecule has 2 aliphatic carbocycles. The number of aromatic hydroxyl groups is 4. The van der Waals surface area contributed by atoms with Crippen molar-refractivity contribution in [3.63, 3.8) is 0 Å². The van der Waals surface area contributed by atoms with E-state index in [0.29, 0.717) is 50.3 Å². The lowest BCUT2D eigenvalue weighted by atomic mass is 9.67. The van der Waals surface area contributed by atoms with Crippen LogP contribution in [0.3, 0.4) is 0 Å². The first-order valence-corrected chi connectivity index (χ1v) is 25.2. The van der Waals surface area contributed by atoms with Crippen LogP contribution in [-0.2, 0) is 16.0 Å². The molecule has 10 heteroatoms. The van der Waals surface area contributed by atoms with Gasteiger partial charge in [0, 0.05) is 48.8 Å². The van der Waals surface area contributed by atoms with Crippen LogP contribution in [0.4, 0.5) is 0 Å². The lowest BCUT2D eigenvalue weighted by molar-refractivity contribution is -0.121. The van der Waals surface area contributed by atoms with Crippen molar-refractivity contribution in [3.05, 3.63) is 177 Å². The third kappa shape index (κ3) is 16.7. The van der Waals surface area contributed by atoms with Gasteiger partial charge in [0.25, 0.3) is 0 Å². The van der Waals surface area contributed by atoms with Crippen molar-refractivity contribution in [2.75, 3.05) is 13.2 Å². The van der Waals surface area contributed by atoms with Crippen LogP contribution in [0, 0.1) is 16.7 Å². The Bertz CT molecular complexity index is 2810. The minimum absolute atomic E-state index is 0.0161. The fraction of sp³-hybridized carbons (Fsp3) is 0.387. The molecule has 0 saturated heterocycles. The molecule has 5 rings (SSSR count). The largest absolute Gasteiger partial charge is 0.508 e. The Morgan fingerprint density at radius 1 is 0.792 bits per heavy atom. The monoisotopic (exact) mass is 980 g/mol. The van der Waals surface area contributed by atoms with E-state index in [0.717, 1.165) is 42.0 Å². The van der Waals surface area contributed by atoms with Gasteiger partial charge >= 0.3 is 0 Å². The van der Waals surface area contributed by atoms with E-state index in [9.17, 15) is 35.1 Å². The van der Waals surface area contributed by atoms with E-state index < -0.39 is 11.2 Å². The highest BCUT2D eigenvalue weighted by molar-refractivity contribution is 5.87. The second-order valence-electron chi connectivity index (χ2n) is 20.8. The molecular formula is C62H77NO9. The number of fused-ring (bicyclic) bond motifs is 1. The number of carbonyl (C=O) groups excluding carboxylic acids is 1. The van der Waals surface area contributed by atoms with Crippen molar-refractivity contribution >= 4 is 16.9 Å². The molecule has 72 heavy (non-hydrogen) atoms. The Kier molecular flexibility index (Phi) is 20.5. The second-order valence-corrected chi connectivity index (χ2v) is 20.8. The number of ether oxygens (including phenoxy) is 1. The Morgan fingerprint density at radius 2 is 1.44 bits per heavy atom. The van der Waals surface area contributed by atoms with Gasteiger partial charge in [0.1, 0.15) is 28.2 Å². The minimum atomic E-state index is -0.468. The Hall–Kier alpha value is -6.62. The normalized spacial score (nSPS) is 20.2. The molecule has 10 nitrogen and oxygen atoms in total. The molecular weight excluding hydrogens is 903 g/mol. The molecule has 0 saturated carbocycles. The zero-order valence-corrected chi connectivity index (χ0v) is 43.8. The molecule has 6 N–H and O–H groups in total. The molecule has 1 aromatic heterocycles. The fourth-order valence-corrected chi connectivity index (χ4v) is 9.37. The summed E-state index contributed by atoms with van der Waals surface area (Å²) in [7, 11) is 0. The fourth-order valence-electron chi connectivity index (χ4n) is 9.37. The Labute approximate surface area is 426 Å². The van der Waals surface area contributed by atoms with Crippen LogP contribution in [0.2, 0.25) is 0 Å². The third-order valence-electron chi connectivity index (χ3n) is 13.4. The number of hydrogen-bond donors (Lipinski definition) is 6. The number of carbonyl (C=O) groups is 1. The second kappa shape index (κ2) is 26.2. The van der Waals surface area contributed by atoms with E-state index in [2.05, 4.69) is 159 Å². The highest BCUT2D eigenvalue weighted by atomic mass is 16.5. The van der Waals surface area contributed by atoms with Crippen LogP contribution in [0.1, 0.15) is 113 Å². The molecule has 384 valence electrons. The van der Waals surface area contributed by atoms with Crippen LogP contribution in [-0.4, -0.2) is 56.8 Å². The first-order valence-electron chi connectivity index (χ1n) is 25.2. The molecule has 2 aliphatic rings. The van der Waals surface area contributed by atoms with Crippen LogP contribution in [0.15, 0.2) is 170 Å². The molecule has 3 atom stereocenters. The molecule has 1 heterocycles. The molecule has 0 bridgehead atoms. The molecule has 1 amide bonds. The molecule has 0 fully saturated rings. The van der Waals surface area contributed by atoms with Gasteiger partial charge in [-0.05, 0) is 114 Å². The number of amides is 1. The van der Waals surface area contributed by atoms with Gasteiger partial charge in [0.05, 0.1) is 12.2 Å². The number of unbranched alkanes of at least 4 members (excludes halogenated alkanes) is 1. The van der Waals surface area contributed by atoms with Gasteiger partial charge in [-0.3, -0.25) is 9.59 Å². The van der Waals surface area contributed by atoms with E-state index in [-0.39, 0.29) is 74.9 Å². The number of phenols is 4. The summed E-state index contributed by atoms with van der Waals surface area (Å²) in [6.07, 6.45) is 38.5. The summed E-state index contributed by atoms with van der Waals surface area (Å²) in [6.45, 7) is 20.3. The lowest BCUT2D eigenvalue weighted by Gasteiger charge is -2.38.